The van der Waals surface area contributed by atoms with Gasteiger partial charge < -0.3 is 18.9 Å². The second-order valence-electron chi connectivity index (χ2n) is 10.5. The molecular weight excluding hydrogens is 356 g/mol. The van der Waals surface area contributed by atoms with E-state index in [9.17, 15) is 4.79 Å². The number of rotatable bonds is 3. The molecule has 158 valence electrons. The van der Waals surface area contributed by atoms with E-state index in [1.165, 1.54) is 26.2 Å². The molecule has 6 atom stereocenters. The highest BCUT2D eigenvalue weighted by Gasteiger charge is 2.65. The van der Waals surface area contributed by atoms with Crippen LogP contribution in [0.4, 0.5) is 0 Å². The van der Waals surface area contributed by atoms with E-state index < -0.39 is 11.6 Å². The van der Waals surface area contributed by atoms with Crippen LogP contribution in [0.2, 0.25) is 0 Å². The predicted octanol–water partition coefficient (Wildman–Crippen LogP) is 4.60. The van der Waals surface area contributed by atoms with Crippen LogP contribution < -0.4 is 0 Å². The molecule has 0 spiro atoms. The van der Waals surface area contributed by atoms with Crippen LogP contribution in [-0.2, 0) is 23.7 Å². The zero-order valence-corrected chi connectivity index (χ0v) is 18.3. The van der Waals surface area contributed by atoms with Crippen molar-refractivity contribution < 1.29 is 23.7 Å². The van der Waals surface area contributed by atoms with Crippen LogP contribution in [0.5, 0.6) is 0 Å². The average Bonchev–Trinajstić information content (AvgIpc) is 2.82. The standard InChI is InChI=1S/C23H36O5/c1-15(24)26-14-19-22(5)13-10-16-17(23(25-6,27-19)28-22)8-9-18-20(2,3)11-7-12-21(16,18)4/h8,16,18-19H,7,9-14H2,1-6H3/t16-,18-,19-,21+,22+,23+/m0/s1. The van der Waals surface area contributed by atoms with Crippen LogP contribution in [0.3, 0.4) is 0 Å². The Kier molecular flexibility index (Phi) is 4.76. The van der Waals surface area contributed by atoms with Gasteiger partial charge in [0.2, 0.25) is 0 Å². The van der Waals surface area contributed by atoms with Crippen molar-refractivity contribution >= 4 is 5.97 Å². The van der Waals surface area contributed by atoms with Crippen LogP contribution >= 0.6 is 0 Å². The van der Waals surface area contributed by atoms with Gasteiger partial charge in [-0.3, -0.25) is 4.79 Å². The second-order valence-corrected chi connectivity index (χ2v) is 10.5. The Morgan fingerprint density at radius 3 is 2.64 bits per heavy atom. The van der Waals surface area contributed by atoms with E-state index in [1.807, 2.05) is 0 Å². The van der Waals surface area contributed by atoms with Crippen LogP contribution in [-0.4, -0.2) is 37.4 Å². The minimum atomic E-state index is -1.16. The fourth-order valence-corrected chi connectivity index (χ4v) is 6.83. The maximum absolute atomic E-state index is 11.3. The van der Waals surface area contributed by atoms with Crippen molar-refractivity contribution in [3.05, 3.63) is 11.6 Å². The molecule has 0 aromatic rings. The molecule has 2 aliphatic heterocycles. The van der Waals surface area contributed by atoms with E-state index >= 15 is 0 Å². The molecule has 4 aliphatic rings. The van der Waals surface area contributed by atoms with E-state index in [1.54, 1.807) is 7.11 Å². The number of carbonyl (C=O) groups excluding carboxylic acids is 1. The minimum Gasteiger partial charge on any atom is -0.463 e. The molecule has 0 aromatic heterocycles. The molecule has 0 radical (unpaired) electrons. The van der Waals surface area contributed by atoms with Gasteiger partial charge in [-0.2, -0.15) is 0 Å². The first-order valence-electron chi connectivity index (χ1n) is 10.8. The Labute approximate surface area is 169 Å². The normalized spacial score (nSPS) is 46.8. The van der Waals surface area contributed by atoms with Crippen molar-refractivity contribution in [2.24, 2.45) is 22.7 Å². The summed E-state index contributed by atoms with van der Waals surface area (Å²) < 4.78 is 24.2. The first kappa shape index (κ1) is 20.4. The summed E-state index contributed by atoms with van der Waals surface area (Å²) in [4.78, 5) is 11.3. The maximum atomic E-state index is 11.3. The highest BCUT2D eigenvalue weighted by atomic mass is 16.9. The fourth-order valence-electron chi connectivity index (χ4n) is 6.83. The number of hydrogen-bond acceptors (Lipinski definition) is 5. The van der Waals surface area contributed by atoms with E-state index in [2.05, 4.69) is 33.8 Å². The molecule has 5 heteroatoms. The summed E-state index contributed by atoms with van der Waals surface area (Å²) in [6, 6.07) is 0. The SMILES string of the molecule is CO[C@@]12O[C@@H](COC(C)=O)[C@@](C)(CC[C@H]3C1=CC[C@H]1C(C)(C)CCC[C@]31C)O2. The Morgan fingerprint density at radius 1 is 1.21 bits per heavy atom. The Balaban J connectivity index is 1.71. The minimum absolute atomic E-state index is 0.196. The van der Waals surface area contributed by atoms with E-state index in [0.717, 1.165) is 24.8 Å². The van der Waals surface area contributed by atoms with Crippen molar-refractivity contribution in [2.45, 2.75) is 90.8 Å². The maximum Gasteiger partial charge on any atom is 0.308 e. The molecule has 2 saturated heterocycles. The van der Waals surface area contributed by atoms with E-state index in [0.29, 0.717) is 17.3 Å². The molecule has 0 aromatic carbocycles. The molecule has 2 heterocycles. The third kappa shape index (κ3) is 2.88. The zero-order valence-electron chi connectivity index (χ0n) is 18.3. The molecule has 5 nitrogen and oxygen atoms in total. The van der Waals surface area contributed by atoms with Gasteiger partial charge in [-0.25, -0.2) is 0 Å². The lowest BCUT2D eigenvalue weighted by molar-refractivity contribution is -0.315. The van der Waals surface area contributed by atoms with Crippen molar-refractivity contribution in [3.63, 3.8) is 0 Å². The molecule has 0 unspecified atom stereocenters. The van der Waals surface area contributed by atoms with Gasteiger partial charge >= 0.3 is 11.9 Å². The molecule has 3 fully saturated rings. The highest BCUT2D eigenvalue weighted by molar-refractivity contribution is 5.65. The fraction of sp³-hybridized carbons (Fsp3) is 0.870. The molecule has 0 amide bonds. The summed E-state index contributed by atoms with van der Waals surface area (Å²) >= 11 is 0. The Morgan fingerprint density at radius 2 is 1.96 bits per heavy atom. The van der Waals surface area contributed by atoms with Gasteiger partial charge in [0.25, 0.3) is 0 Å². The van der Waals surface area contributed by atoms with Gasteiger partial charge in [-0.1, -0.05) is 33.3 Å². The number of allylic oxidation sites excluding steroid dienone is 1. The van der Waals surface area contributed by atoms with Crippen molar-refractivity contribution in [2.75, 3.05) is 13.7 Å². The first-order valence-corrected chi connectivity index (χ1v) is 10.8. The smallest absolute Gasteiger partial charge is 0.308 e. The predicted molar refractivity (Wildman–Crippen MR) is 105 cm³/mol. The van der Waals surface area contributed by atoms with Gasteiger partial charge in [0.05, 0.1) is 0 Å². The topological polar surface area (TPSA) is 54.0 Å². The van der Waals surface area contributed by atoms with E-state index in [4.69, 9.17) is 18.9 Å². The summed E-state index contributed by atoms with van der Waals surface area (Å²) in [6.07, 6.45) is 8.80. The second kappa shape index (κ2) is 6.55. The molecule has 2 bridgehead atoms. The summed E-state index contributed by atoms with van der Waals surface area (Å²) in [5.41, 5.74) is 1.21. The molecule has 1 saturated carbocycles. The van der Waals surface area contributed by atoms with Gasteiger partial charge in [-0.05, 0) is 61.7 Å². The summed E-state index contributed by atoms with van der Waals surface area (Å²) in [7, 11) is 1.66. The average molecular weight is 393 g/mol. The largest absolute Gasteiger partial charge is 0.463 e. The number of esters is 1. The van der Waals surface area contributed by atoms with Gasteiger partial charge in [0, 0.05) is 19.6 Å². The monoisotopic (exact) mass is 392 g/mol. The summed E-state index contributed by atoms with van der Waals surface area (Å²) in [5.74, 6) is -0.400. The Hall–Kier alpha value is -0.910. The summed E-state index contributed by atoms with van der Waals surface area (Å²) in [6.45, 7) is 11.1. The number of ether oxygens (including phenoxy) is 4. The van der Waals surface area contributed by atoms with Crippen molar-refractivity contribution in [1.82, 2.24) is 0 Å². The first-order chi connectivity index (χ1) is 13.1. The molecular formula is C23H36O5. The number of methoxy groups -OCH3 is 1. The Bertz CT molecular complexity index is 684. The molecule has 28 heavy (non-hydrogen) atoms. The molecule has 0 N–H and O–H groups in total. The van der Waals surface area contributed by atoms with Crippen LogP contribution in [0, 0.1) is 22.7 Å². The van der Waals surface area contributed by atoms with Gasteiger partial charge in [0.15, 0.2) is 0 Å². The quantitative estimate of drug-likeness (QED) is 0.519. The number of carbonyl (C=O) groups is 1. The van der Waals surface area contributed by atoms with Crippen molar-refractivity contribution in [1.29, 1.82) is 0 Å². The van der Waals surface area contributed by atoms with E-state index in [-0.39, 0.29) is 24.1 Å². The lowest BCUT2D eigenvalue weighted by Crippen LogP contribution is -2.52. The number of fused-ring (bicyclic) bond motifs is 6. The molecule has 4 rings (SSSR count). The summed E-state index contributed by atoms with van der Waals surface area (Å²) in [5, 5.41) is 0. The van der Waals surface area contributed by atoms with Gasteiger partial charge in [-0.15, -0.1) is 0 Å². The molecule has 2 aliphatic carbocycles. The lowest BCUT2D eigenvalue weighted by Gasteiger charge is -2.58. The zero-order chi connectivity index (χ0) is 20.4. The van der Waals surface area contributed by atoms with Crippen LogP contribution in [0.1, 0.15) is 73.1 Å². The van der Waals surface area contributed by atoms with Crippen LogP contribution in [0.25, 0.3) is 0 Å². The van der Waals surface area contributed by atoms with Crippen molar-refractivity contribution in [3.8, 4) is 0 Å². The lowest BCUT2D eigenvalue weighted by atomic mass is 9.48. The van der Waals surface area contributed by atoms with Gasteiger partial charge in [0.1, 0.15) is 18.3 Å². The third-order valence-corrected chi connectivity index (χ3v) is 8.36. The third-order valence-electron chi connectivity index (χ3n) is 8.36. The highest BCUT2D eigenvalue weighted by Crippen LogP contribution is 2.64. The van der Waals surface area contributed by atoms with Crippen LogP contribution in [0.15, 0.2) is 11.6 Å². The number of hydrogen-bond donors (Lipinski definition) is 0.